The lowest BCUT2D eigenvalue weighted by Crippen LogP contribution is -2.49. The molecule has 2 aromatic rings. The van der Waals surface area contributed by atoms with Crippen molar-refractivity contribution in [3.05, 3.63) is 36.2 Å². The molecule has 5 rings (SSSR count). The number of nitrogens with one attached hydrogen (secondary N) is 2. The van der Waals surface area contributed by atoms with E-state index >= 15 is 0 Å². The monoisotopic (exact) mass is 564 g/mol. The Kier molecular flexibility index (Phi) is 8.26. The first-order valence-corrected chi connectivity index (χ1v) is 13.2. The van der Waals surface area contributed by atoms with Crippen LogP contribution in [0.2, 0.25) is 0 Å². The molecular formula is C26H31F3N6O5. The zero-order chi connectivity index (χ0) is 28.3. The van der Waals surface area contributed by atoms with Crippen LogP contribution in [-0.2, 0) is 9.47 Å². The molecule has 0 aliphatic carbocycles. The standard InChI is InChI=1S/C26H31F3N6O5/c1-16(26(27,28)29)31-24(36)19-5-6-20-23(32-19)35(17-8-10-34(20)15-17)25(37)33-21-14-18(7-9-30-21)38-12-13-40-22-4-2-3-11-39-22/h5-7,9,14,16-17,22H,2-4,8,10-13,15H2,1H3,(H,31,36)(H,30,33,37)/t16-,17?,22?/m1/s1. The summed E-state index contributed by atoms with van der Waals surface area (Å²) in [5, 5.41) is 4.67. The second-order valence-corrected chi connectivity index (χ2v) is 9.86. The molecule has 2 unspecified atom stereocenters. The largest absolute Gasteiger partial charge is 0.491 e. The number of rotatable bonds is 8. The Morgan fingerprint density at radius 1 is 1.20 bits per heavy atom. The van der Waals surface area contributed by atoms with E-state index in [-0.39, 0.29) is 36.3 Å². The van der Waals surface area contributed by atoms with Crippen molar-refractivity contribution in [1.29, 1.82) is 0 Å². The molecule has 40 heavy (non-hydrogen) atoms. The van der Waals surface area contributed by atoms with E-state index in [1.807, 2.05) is 10.2 Å². The number of anilines is 3. The molecule has 2 bridgehead atoms. The fourth-order valence-corrected chi connectivity index (χ4v) is 4.87. The molecule has 2 saturated heterocycles. The first kappa shape index (κ1) is 27.9. The van der Waals surface area contributed by atoms with Gasteiger partial charge in [-0.05, 0) is 50.8 Å². The van der Waals surface area contributed by atoms with Crippen LogP contribution < -0.4 is 25.2 Å². The van der Waals surface area contributed by atoms with Crippen LogP contribution in [0.5, 0.6) is 5.75 Å². The van der Waals surface area contributed by atoms with Crippen molar-refractivity contribution in [1.82, 2.24) is 15.3 Å². The van der Waals surface area contributed by atoms with Crippen molar-refractivity contribution in [2.24, 2.45) is 0 Å². The number of hydrogen-bond donors (Lipinski definition) is 2. The molecule has 0 saturated carbocycles. The lowest BCUT2D eigenvalue weighted by Gasteiger charge is -2.35. The Morgan fingerprint density at radius 3 is 2.83 bits per heavy atom. The van der Waals surface area contributed by atoms with E-state index in [4.69, 9.17) is 14.2 Å². The maximum Gasteiger partial charge on any atom is 0.408 e. The van der Waals surface area contributed by atoms with Gasteiger partial charge in [0.05, 0.1) is 18.3 Å². The summed E-state index contributed by atoms with van der Waals surface area (Å²) in [6, 6.07) is 3.39. The summed E-state index contributed by atoms with van der Waals surface area (Å²) in [5.74, 6) is -0.0474. The van der Waals surface area contributed by atoms with E-state index in [0.717, 1.165) is 26.2 Å². The van der Waals surface area contributed by atoms with Crippen molar-refractivity contribution in [2.75, 3.05) is 48.0 Å². The molecule has 0 spiro atoms. The summed E-state index contributed by atoms with van der Waals surface area (Å²) in [5.41, 5.74) is 0.404. The summed E-state index contributed by atoms with van der Waals surface area (Å²) in [7, 11) is 0. The van der Waals surface area contributed by atoms with Crippen molar-refractivity contribution >= 4 is 29.3 Å². The number of ether oxygens (including phenoxy) is 3. The van der Waals surface area contributed by atoms with Crippen LogP contribution in [0.3, 0.4) is 0 Å². The first-order valence-electron chi connectivity index (χ1n) is 13.2. The Morgan fingerprint density at radius 2 is 2.05 bits per heavy atom. The third-order valence-corrected chi connectivity index (χ3v) is 7.00. The van der Waals surface area contributed by atoms with Gasteiger partial charge in [-0.2, -0.15) is 13.2 Å². The van der Waals surface area contributed by atoms with Crippen molar-refractivity contribution < 1.29 is 37.0 Å². The van der Waals surface area contributed by atoms with E-state index < -0.39 is 24.2 Å². The molecule has 0 aromatic carbocycles. The van der Waals surface area contributed by atoms with E-state index in [2.05, 4.69) is 15.3 Å². The van der Waals surface area contributed by atoms with Crippen molar-refractivity contribution in [2.45, 2.75) is 57.2 Å². The highest BCUT2D eigenvalue weighted by atomic mass is 19.4. The van der Waals surface area contributed by atoms with Gasteiger partial charge in [-0.1, -0.05) is 0 Å². The molecule has 216 valence electrons. The summed E-state index contributed by atoms with van der Waals surface area (Å²) in [6.07, 6.45) is 0.327. The summed E-state index contributed by atoms with van der Waals surface area (Å²) < 4.78 is 55.8. The van der Waals surface area contributed by atoms with Gasteiger partial charge in [0, 0.05) is 32.0 Å². The number of alkyl halides is 3. The van der Waals surface area contributed by atoms with Gasteiger partial charge in [0.15, 0.2) is 12.1 Å². The minimum Gasteiger partial charge on any atom is -0.491 e. The predicted molar refractivity (Wildman–Crippen MR) is 139 cm³/mol. The first-order chi connectivity index (χ1) is 19.2. The second-order valence-electron chi connectivity index (χ2n) is 9.86. The third-order valence-electron chi connectivity index (χ3n) is 7.00. The van der Waals surface area contributed by atoms with Gasteiger partial charge in [-0.25, -0.2) is 14.8 Å². The van der Waals surface area contributed by atoms with Gasteiger partial charge in [-0.3, -0.25) is 15.0 Å². The number of urea groups is 1. The van der Waals surface area contributed by atoms with E-state index in [1.165, 1.54) is 17.2 Å². The lowest BCUT2D eigenvalue weighted by atomic mass is 10.1. The van der Waals surface area contributed by atoms with Gasteiger partial charge in [0.1, 0.15) is 29.9 Å². The Bertz CT molecular complexity index is 1230. The Balaban J connectivity index is 1.25. The number of aromatic nitrogens is 2. The number of carbonyl (C=O) groups excluding carboxylic acids is 2. The molecular weight excluding hydrogens is 533 g/mol. The molecule has 2 fully saturated rings. The molecule has 2 N–H and O–H groups in total. The average molecular weight is 565 g/mol. The molecule has 3 aliphatic heterocycles. The predicted octanol–water partition coefficient (Wildman–Crippen LogP) is 3.71. The van der Waals surface area contributed by atoms with Crippen LogP contribution in [0, 0.1) is 0 Å². The van der Waals surface area contributed by atoms with Crippen LogP contribution in [0.1, 0.15) is 43.1 Å². The van der Waals surface area contributed by atoms with Crippen LogP contribution in [-0.4, -0.2) is 79.4 Å². The zero-order valence-corrected chi connectivity index (χ0v) is 21.9. The van der Waals surface area contributed by atoms with Crippen LogP contribution in [0.4, 0.5) is 35.3 Å². The number of halogens is 3. The third kappa shape index (κ3) is 6.39. The number of carbonyl (C=O) groups is 2. The quantitative estimate of drug-likeness (QED) is 0.466. The number of fused-ring (bicyclic) bond motifs is 4. The molecule has 5 heterocycles. The van der Waals surface area contributed by atoms with Crippen molar-refractivity contribution in [3.63, 3.8) is 0 Å². The second kappa shape index (κ2) is 11.8. The van der Waals surface area contributed by atoms with Crippen LogP contribution in [0.25, 0.3) is 0 Å². The van der Waals surface area contributed by atoms with Gasteiger partial charge >= 0.3 is 12.2 Å². The number of hydrogen-bond acceptors (Lipinski definition) is 8. The molecule has 2 aromatic heterocycles. The Labute approximate surface area is 229 Å². The highest BCUT2D eigenvalue weighted by Gasteiger charge is 2.41. The zero-order valence-electron chi connectivity index (χ0n) is 21.9. The van der Waals surface area contributed by atoms with Crippen molar-refractivity contribution in [3.8, 4) is 5.75 Å². The summed E-state index contributed by atoms with van der Waals surface area (Å²) >= 11 is 0. The van der Waals surface area contributed by atoms with E-state index in [0.29, 0.717) is 44.2 Å². The average Bonchev–Trinajstić information content (AvgIpc) is 3.35. The molecule has 11 nitrogen and oxygen atoms in total. The minimum absolute atomic E-state index is 0.202. The van der Waals surface area contributed by atoms with Gasteiger partial charge < -0.3 is 24.4 Å². The maximum absolute atomic E-state index is 13.4. The summed E-state index contributed by atoms with van der Waals surface area (Å²) in [6.45, 7) is 3.43. The number of nitrogens with zero attached hydrogens (tertiary/aromatic N) is 4. The fourth-order valence-electron chi connectivity index (χ4n) is 4.87. The maximum atomic E-state index is 13.4. The van der Waals surface area contributed by atoms with Gasteiger partial charge in [0.2, 0.25) is 0 Å². The highest BCUT2D eigenvalue weighted by Crippen LogP contribution is 2.39. The minimum atomic E-state index is -4.59. The smallest absolute Gasteiger partial charge is 0.408 e. The molecule has 3 aliphatic rings. The van der Waals surface area contributed by atoms with E-state index in [9.17, 15) is 22.8 Å². The lowest BCUT2D eigenvalue weighted by molar-refractivity contribution is -0.165. The molecule has 3 amide bonds. The fraction of sp³-hybridized carbons (Fsp3) is 0.538. The van der Waals surface area contributed by atoms with Crippen LogP contribution in [0.15, 0.2) is 30.5 Å². The van der Waals surface area contributed by atoms with E-state index in [1.54, 1.807) is 18.2 Å². The SMILES string of the molecule is C[C@@H](NC(=O)c1ccc2c(n1)N(C(=O)Nc1cc(OCCOC3CCCCO3)ccn1)C1CCN2C1)C(F)(F)F. The highest BCUT2D eigenvalue weighted by molar-refractivity contribution is 6.05. The topological polar surface area (TPSA) is 118 Å². The molecule has 14 heteroatoms. The van der Waals surface area contributed by atoms with Crippen LogP contribution >= 0.6 is 0 Å². The molecule has 3 atom stereocenters. The number of amides is 3. The van der Waals surface area contributed by atoms with Gasteiger partial charge in [-0.15, -0.1) is 0 Å². The number of pyridine rings is 2. The molecule has 0 radical (unpaired) electrons. The van der Waals surface area contributed by atoms with Gasteiger partial charge in [0.25, 0.3) is 5.91 Å². The Hall–Kier alpha value is -3.65. The summed E-state index contributed by atoms with van der Waals surface area (Å²) in [4.78, 5) is 38.0. The normalized spacial score (nSPS) is 21.0.